The average Bonchev–Trinajstić information content (AvgIpc) is 2.64. The lowest BCUT2D eigenvalue weighted by atomic mass is 10.1. The Bertz CT molecular complexity index is 853. The predicted octanol–water partition coefficient (Wildman–Crippen LogP) is 3.94. The van der Waals surface area contributed by atoms with E-state index in [0.717, 1.165) is 5.56 Å². The molecule has 2 aromatic carbocycles. The number of benzene rings is 2. The molecule has 0 fully saturated rings. The monoisotopic (exact) mass is 405 g/mol. The van der Waals surface area contributed by atoms with E-state index in [1.807, 2.05) is 19.1 Å². The normalized spacial score (nSPS) is 15.2. The summed E-state index contributed by atoms with van der Waals surface area (Å²) in [5, 5.41) is 21.2. The van der Waals surface area contributed by atoms with E-state index in [9.17, 15) is 24.2 Å². The van der Waals surface area contributed by atoms with Crippen molar-refractivity contribution in [1.29, 1.82) is 0 Å². The minimum atomic E-state index is -4.06. The molecule has 8 heteroatoms. The Morgan fingerprint density at radius 1 is 1.04 bits per heavy atom. The summed E-state index contributed by atoms with van der Waals surface area (Å²) in [6.45, 7) is 1.93. The number of nitrogens with one attached hydrogen (secondary N) is 1. The van der Waals surface area contributed by atoms with Gasteiger partial charge in [-0.15, -0.1) is 0 Å². The molecule has 0 amide bonds. The molecule has 0 aliphatic rings. The molecule has 0 spiro atoms. The molecule has 0 aliphatic carbocycles. The number of aliphatic carboxylic acids is 2. The number of rotatable bonds is 10. The predicted molar refractivity (Wildman–Crippen MR) is 107 cm³/mol. The van der Waals surface area contributed by atoms with Gasteiger partial charge in [-0.3, -0.25) is 14.2 Å². The number of hydrogen-bond donors (Lipinski definition) is 4. The first-order valence-electron chi connectivity index (χ1n) is 8.83. The van der Waals surface area contributed by atoms with Gasteiger partial charge in [0.2, 0.25) is 7.37 Å². The van der Waals surface area contributed by atoms with Crippen LogP contribution in [0.2, 0.25) is 0 Å². The zero-order valence-electron chi connectivity index (χ0n) is 15.5. The largest absolute Gasteiger partial charge is 0.481 e. The van der Waals surface area contributed by atoms with Crippen molar-refractivity contribution in [2.24, 2.45) is 5.92 Å². The molecule has 0 aromatic heterocycles. The summed E-state index contributed by atoms with van der Waals surface area (Å²) in [7, 11) is -4.06. The van der Waals surface area contributed by atoms with Gasteiger partial charge in [0.25, 0.3) is 0 Å². The lowest BCUT2D eigenvalue weighted by molar-refractivity contribution is -0.142. The van der Waals surface area contributed by atoms with Gasteiger partial charge >= 0.3 is 11.9 Å². The molecule has 0 bridgehead atoms. The molecule has 2 rings (SSSR count). The summed E-state index contributed by atoms with van der Waals surface area (Å²) >= 11 is 0. The van der Waals surface area contributed by atoms with E-state index >= 15 is 0 Å². The molecule has 150 valence electrons. The van der Waals surface area contributed by atoms with E-state index in [1.165, 1.54) is 0 Å². The van der Waals surface area contributed by atoms with Crippen LogP contribution in [0.25, 0.3) is 0 Å². The smallest absolute Gasteiger partial charge is 0.307 e. The third kappa shape index (κ3) is 6.22. The molecule has 3 unspecified atom stereocenters. The van der Waals surface area contributed by atoms with Gasteiger partial charge in [0, 0.05) is 18.3 Å². The summed E-state index contributed by atoms with van der Waals surface area (Å²) in [6.07, 6.45) is -1.10. The first-order valence-corrected chi connectivity index (χ1v) is 10.7. The first-order chi connectivity index (χ1) is 13.2. The topological polar surface area (TPSA) is 124 Å². The van der Waals surface area contributed by atoms with Crippen LogP contribution in [0.1, 0.15) is 29.8 Å². The molecule has 2 aromatic rings. The van der Waals surface area contributed by atoms with Gasteiger partial charge in [0.15, 0.2) is 0 Å². The van der Waals surface area contributed by atoms with Crippen LogP contribution >= 0.6 is 7.37 Å². The van der Waals surface area contributed by atoms with Crippen molar-refractivity contribution in [3.63, 3.8) is 0 Å². The van der Waals surface area contributed by atoms with Crippen molar-refractivity contribution >= 4 is 25.0 Å². The Hall–Kier alpha value is -2.63. The number of carboxylic acids is 2. The number of anilines is 1. The Kier molecular flexibility index (Phi) is 7.38. The maximum Gasteiger partial charge on any atom is 0.307 e. The fourth-order valence-corrected chi connectivity index (χ4v) is 5.04. The lowest BCUT2D eigenvalue weighted by Crippen LogP contribution is -2.23. The highest BCUT2D eigenvalue weighted by Crippen LogP contribution is 2.57. The van der Waals surface area contributed by atoms with Crippen molar-refractivity contribution in [2.75, 3.05) is 11.5 Å². The molecule has 3 atom stereocenters. The van der Waals surface area contributed by atoms with Crippen LogP contribution in [-0.4, -0.2) is 33.2 Å². The van der Waals surface area contributed by atoms with Crippen LogP contribution in [0.15, 0.2) is 54.6 Å². The second-order valence-electron chi connectivity index (χ2n) is 6.73. The first kappa shape index (κ1) is 21.7. The summed E-state index contributed by atoms with van der Waals surface area (Å²) in [4.78, 5) is 33.1. The van der Waals surface area contributed by atoms with Crippen LogP contribution in [-0.2, 0) is 14.2 Å². The maximum atomic E-state index is 13.2. The highest BCUT2D eigenvalue weighted by Gasteiger charge is 2.37. The summed E-state index contributed by atoms with van der Waals surface area (Å²) in [6, 6.07) is 15.9. The molecule has 0 saturated carbocycles. The fourth-order valence-electron chi connectivity index (χ4n) is 2.87. The Labute approximate surface area is 163 Å². The van der Waals surface area contributed by atoms with E-state index < -0.39 is 37.2 Å². The molecule has 7 nitrogen and oxygen atoms in total. The van der Waals surface area contributed by atoms with Crippen molar-refractivity contribution in [3.05, 3.63) is 65.7 Å². The van der Waals surface area contributed by atoms with Crippen LogP contribution in [0.3, 0.4) is 0 Å². The van der Waals surface area contributed by atoms with Crippen molar-refractivity contribution < 1.29 is 29.3 Å². The van der Waals surface area contributed by atoms with Gasteiger partial charge < -0.3 is 20.4 Å². The van der Waals surface area contributed by atoms with Gasteiger partial charge in [0.1, 0.15) is 5.78 Å². The van der Waals surface area contributed by atoms with E-state index in [-0.39, 0.29) is 12.8 Å². The van der Waals surface area contributed by atoms with Gasteiger partial charge in [-0.25, -0.2) is 0 Å². The van der Waals surface area contributed by atoms with Gasteiger partial charge in [-0.1, -0.05) is 48.0 Å². The van der Waals surface area contributed by atoms with Gasteiger partial charge in [0.05, 0.1) is 5.92 Å². The minimum Gasteiger partial charge on any atom is -0.481 e. The summed E-state index contributed by atoms with van der Waals surface area (Å²) in [5.74, 6) is -4.66. The molecule has 28 heavy (non-hydrogen) atoms. The van der Waals surface area contributed by atoms with Crippen LogP contribution in [0, 0.1) is 12.8 Å². The third-order valence-corrected chi connectivity index (χ3v) is 6.61. The van der Waals surface area contributed by atoms with E-state index in [1.54, 1.807) is 42.5 Å². The van der Waals surface area contributed by atoms with Crippen molar-refractivity contribution in [2.45, 2.75) is 25.5 Å². The lowest BCUT2D eigenvalue weighted by Gasteiger charge is -2.27. The number of hydrogen-bond acceptors (Lipinski definition) is 4. The average molecular weight is 405 g/mol. The minimum absolute atomic E-state index is 0.207. The standard InChI is InChI=1S/C20H24NO6P/c1-14-7-10-17(11-8-14)21-19(15-5-3-2-4-6-15)28(26,27)13-16(20(24)25)9-12-18(22)23/h2-8,10-11,16,19,21H,9,12-13H2,1H3,(H,22,23)(H,24,25)(H,26,27). The molecular formula is C20H24NO6P. The van der Waals surface area contributed by atoms with Crippen LogP contribution in [0.4, 0.5) is 5.69 Å². The summed E-state index contributed by atoms with van der Waals surface area (Å²) in [5.41, 5.74) is 2.22. The Morgan fingerprint density at radius 2 is 1.64 bits per heavy atom. The quantitative estimate of drug-likeness (QED) is 0.441. The number of aryl methyl sites for hydroxylation is 1. The van der Waals surface area contributed by atoms with E-state index in [0.29, 0.717) is 11.3 Å². The van der Waals surface area contributed by atoms with Crippen LogP contribution < -0.4 is 5.32 Å². The molecule has 4 N–H and O–H groups in total. The van der Waals surface area contributed by atoms with Crippen molar-refractivity contribution in [3.8, 4) is 0 Å². The molecule has 0 heterocycles. The Morgan fingerprint density at radius 3 is 2.18 bits per heavy atom. The number of carboxylic acid groups (broad SMARTS) is 2. The third-order valence-electron chi connectivity index (χ3n) is 4.41. The molecule has 0 saturated heterocycles. The fraction of sp³-hybridized carbons (Fsp3) is 0.300. The van der Waals surface area contributed by atoms with Crippen molar-refractivity contribution in [1.82, 2.24) is 0 Å². The second kappa shape index (κ2) is 9.53. The number of carbonyl (C=O) groups is 2. The van der Waals surface area contributed by atoms with Crippen LogP contribution in [0.5, 0.6) is 0 Å². The zero-order chi connectivity index (χ0) is 20.7. The molecule has 0 radical (unpaired) electrons. The SMILES string of the molecule is Cc1ccc(NC(c2ccccc2)P(=O)(O)CC(CCC(=O)O)C(=O)O)cc1. The van der Waals surface area contributed by atoms with Gasteiger partial charge in [-0.2, -0.15) is 0 Å². The highest BCUT2D eigenvalue weighted by atomic mass is 31.2. The highest BCUT2D eigenvalue weighted by molar-refractivity contribution is 7.58. The summed E-state index contributed by atoms with van der Waals surface area (Å²) < 4.78 is 13.2. The Balaban J connectivity index is 2.31. The molecular weight excluding hydrogens is 381 g/mol. The second-order valence-corrected chi connectivity index (χ2v) is 9.12. The van der Waals surface area contributed by atoms with Gasteiger partial charge in [-0.05, 0) is 31.0 Å². The molecule has 0 aliphatic heterocycles. The maximum absolute atomic E-state index is 13.2. The van der Waals surface area contributed by atoms with E-state index in [4.69, 9.17) is 5.11 Å². The zero-order valence-corrected chi connectivity index (χ0v) is 16.4. The van der Waals surface area contributed by atoms with E-state index in [2.05, 4.69) is 5.32 Å².